The lowest BCUT2D eigenvalue weighted by molar-refractivity contribution is 0.464. The molecular weight excluding hydrogens is 172 g/mol. The van der Waals surface area contributed by atoms with E-state index in [9.17, 15) is 5.11 Å². The largest absolute Gasteiger partial charge is 0.508 e. The van der Waals surface area contributed by atoms with E-state index in [0.29, 0.717) is 17.6 Å². The number of hydrogen-bond acceptors (Lipinski definition) is 1. The zero-order valence-corrected chi connectivity index (χ0v) is 9.54. The molecule has 0 amide bonds. The predicted molar refractivity (Wildman–Crippen MR) is 60.9 cm³/mol. The average molecular weight is 192 g/mol. The van der Waals surface area contributed by atoms with Gasteiger partial charge >= 0.3 is 0 Å². The second-order valence-electron chi connectivity index (χ2n) is 4.28. The van der Waals surface area contributed by atoms with E-state index < -0.39 is 0 Å². The van der Waals surface area contributed by atoms with Crippen LogP contribution in [0.15, 0.2) is 18.2 Å². The summed E-state index contributed by atoms with van der Waals surface area (Å²) in [4.78, 5) is 0. The summed E-state index contributed by atoms with van der Waals surface area (Å²) in [5.41, 5.74) is 2.39. The van der Waals surface area contributed by atoms with Crippen molar-refractivity contribution in [3.8, 4) is 5.75 Å². The van der Waals surface area contributed by atoms with Crippen LogP contribution in [0.1, 0.15) is 57.1 Å². The molecule has 1 N–H and O–H groups in total. The van der Waals surface area contributed by atoms with Crippen LogP contribution in [0.3, 0.4) is 0 Å². The van der Waals surface area contributed by atoms with Gasteiger partial charge in [-0.05, 0) is 35.4 Å². The van der Waals surface area contributed by atoms with Gasteiger partial charge in [-0.15, -0.1) is 0 Å². The van der Waals surface area contributed by atoms with Crippen LogP contribution in [0.25, 0.3) is 0 Å². The van der Waals surface area contributed by atoms with Gasteiger partial charge in [-0.3, -0.25) is 0 Å². The molecule has 78 valence electrons. The highest BCUT2D eigenvalue weighted by Gasteiger charge is 2.09. The van der Waals surface area contributed by atoms with E-state index >= 15 is 0 Å². The summed E-state index contributed by atoms with van der Waals surface area (Å²) in [7, 11) is 0. The normalized spacial score (nSPS) is 13.2. The van der Waals surface area contributed by atoms with Crippen molar-refractivity contribution in [1.82, 2.24) is 0 Å². The zero-order valence-electron chi connectivity index (χ0n) is 9.54. The standard InChI is InChI=1S/C13H20O/c1-5-10(4)11-6-7-13(14)12(8-11)9(2)3/h6-10,14H,5H2,1-4H3. The monoisotopic (exact) mass is 192 g/mol. The van der Waals surface area contributed by atoms with Crippen molar-refractivity contribution in [2.45, 2.75) is 46.0 Å². The third-order valence-corrected chi connectivity index (χ3v) is 2.86. The van der Waals surface area contributed by atoms with E-state index in [1.165, 1.54) is 5.56 Å². The Kier molecular flexibility index (Phi) is 3.56. The Labute approximate surface area is 86.8 Å². The number of phenolic OH excluding ortho intramolecular Hbond substituents is 1. The van der Waals surface area contributed by atoms with Crippen molar-refractivity contribution in [3.63, 3.8) is 0 Å². The van der Waals surface area contributed by atoms with Gasteiger partial charge in [0.05, 0.1) is 0 Å². The lowest BCUT2D eigenvalue weighted by Gasteiger charge is -2.14. The maximum absolute atomic E-state index is 9.66. The Hall–Kier alpha value is -0.980. The second-order valence-corrected chi connectivity index (χ2v) is 4.28. The van der Waals surface area contributed by atoms with E-state index in [2.05, 4.69) is 33.8 Å². The first-order valence-electron chi connectivity index (χ1n) is 5.39. The van der Waals surface area contributed by atoms with Crippen LogP contribution in [0.5, 0.6) is 5.75 Å². The molecule has 1 rings (SSSR count). The molecule has 0 heterocycles. The Bertz CT molecular complexity index is 302. The number of hydrogen-bond donors (Lipinski definition) is 1. The van der Waals surface area contributed by atoms with Gasteiger partial charge in [0.25, 0.3) is 0 Å². The van der Waals surface area contributed by atoms with Gasteiger partial charge in [-0.2, -0.15) is 0 Å². The molecule has 0 fully saturated rings. The molecule has 0 spiro atoms. The van der Waals surface area contributed by atoms with Crippen LogP contribution >= 0.6 is 0 Å². The van der Waals surface area contributed by atoms with E-state index in [1.54, 1.807) is 0 Å². The van der Waals surface area contributed by atoms with Crippen molar-refractivity contribution < 1.29 is 5.11 Å². The first-order valence-corrected chi connectivity index (χ1v) is 5.39. The van der Waals surface area contributed by atoms with Crippen LogP contribution in [-0.2, 0) is 0 Å². The topological polar surface area (TPSA) is 20.2 Å². The van der Waals surface area contributed by atoms with Gasteiger partial charge in [0, 0.05) is 0 Å². The highest BCUT2D eigenvalue weighted by atomic mass is 16.3. The highest BCUT2D eigenvalue weighted by Crippen LogP contribution is 2.29. The molecule has 0 aliphatic carbocycles. The molecule has 14 heavy (non-hydrogen) atoms. The first-order chi connectivity index (χ1) is 6.56. The van der Waals surface area contributed by atoms with Gasteiger partial charge in [-0.25, -0.2) is 0 Å². The van der Waals surface area contributed by atoms with Crippen molar-refractivity contribution in [1.29, 1.82) is 0 Å². The third-order valence-electron chi connectivity index (χ3n) is 2.86. The summed E-state index contributed by atoms with van der Waals surface area (Å²) in [6.45, 7) is 8.62. The SMILES string of the molecule is CCC(C)c1ccc(O)c(C(C)C)c1. The summed E-state index contributed by atoms with van der Waals surface area (Å²) in [5.74, 6) is 1.39. The Morgan fingerprint density at radius 1 is 1.21 bits per heavy atom. The molecular formula is C13H20O. The maximum Gasteiger partial charge on any atom is 0.119 e. The fourth-order valence-corrected chi connectivity index (χ4v) is 1.58. The van der Waals surface area contributed by atoms with Crippen molar-refractivity contribution in [2.75, 3.05) is 0 Å². The molecule has 1 atom stereocenters. The minimum atomic E-state index is 0.388. The Morgan fingerprint density at radius 2 is 1.86 bits per heavy atom. The third kappa shape index (κ3) is 2.28. The van der Waals surface area contributed by atoms with Crippen LogP contribution in [-0.4, -0.2) is 5.11 Å². The van der Waals surface area contributed by atoms with E-state index in [-0.39, 0.29) is 0 Å². The van der Waals surface area contributed by atoms with Gasteiger partial charge in [0.1, 0.15) is 5.75 Å². The number of aromatic hydroxyl groups is 1. The molecule has 0 bridgehead atoms. The van der Waals surface area contributed by atoms with Gasteiger partial charge in [0.15, 0.2) is 0 Å². The average Bonchev–Trinajstić information content (AvgIpc) is 2.17. The predicted octanol–water partition coefficient (Wildman–Crippen LogP) is 4.03. The molecule has 1 nitrogen and oxygen atoms in total. The fraction of sp³-hybridized carbons (Fsp3) is 0.538. The summed E-state index contributed by atoms with van der Waals surface area (Å²) in [6.07, 6.45) is 1.14. The fourth-order valence-electron chi connectivity index (χ4n) is 1.58. The number of rotatable bonds is 3. The van der Waals surface area contributed by atoms with E-state index in [1.807, 2.05) is 12.1 Å². The first kappa shape index (κ1) is 11.1. The van der Waals surface area contributed by atoms with Crippen molar-refractivity contribution >= 4 is 0 Å². The molecule has 0 radical (unpaired) electrons. The summed E-state index contributed by atoms with van der Waals surface area (Å²) < 4.78 is 0. The number of benzene rings is 1. The Morgan fingerprint density at radius 3 is 2.36 bits per heavy atom. The van der Waals surface area contributed by atoms with Crippen molar-refractivity contribution in [3.05, 3.63) is 29.3 Å². The molecule has 0 saturated carbocycles. The van der Waals surface area contributed by atoms with Gasteiger partial charge in [0.2, 0.25) is 0 Å². The van der Waals surface area contributed by atoms with Crippen molar-refractivity contribution in [2.24, 2.45) is 0 Å². The quantitative estimate of drug-likeness (QED) is 0.766. The van der Waals surface area contributed by atoms with E-state index in [4.69, 9.17) is 0 Å². The van der Waals surface area contributed by atoms with Crippen LogP contribution in [0.2, 0.25) is 0 Å². The molecule has 0 saturated heterocycles. The molecule has 1 heteroatoms. The maximum atomic E-state index is 9.66. The number of phenols is 1. The Balaban J connectivity index is 3.06. The molecule has 0 aliphatic rings. The molecule has 1 aromatic rings. The van der Waals surface area contributed by atoms with Crippen LogP contribution < -0.4 is 0 Å². The summed E-state index contributed by atoms with van der Waals surface area (Å²) >= 11 is 0. The van der Waals surface area contributed by atoms with Crippen LogP contribution in [0.4, 0.5) is 0 Å². The minimum Gasteiger partial charge on any atom is -0.508 e. The molecule has 0 aromatic heterocycles. The summed E-state index contributed by atoms with van der Waals surface area (Å²) in [5, 5.41) is 9.66. The molecule has 1 unspecified atom stereocenters. The van der Waals surface area contributed by atoms with E-state index in [0.717, 1.165) is 12.0 Å². The molecule has 0 aliphatic heterocycles. The summed E-state index contributed by atoms with van der Waals surface area (Å²) in [6, 6.07) is 5.97. The lowest BCUT2D eigenvalue weighted by Crippen LogP contribution is -1.95. The second kappa shape index (κ2) is 4.50. The van der Waals surface area contributed by atoms with Crippen LogP contribution in [0, 0.1) is 0 Å². The van der Waals surface area contributed by atoms with Gasteiger partial charge < -0.3 is 5.11 Å². The molecule has 1 aromatic carbocycles. The zero-order chi connectivity index (χ0) is 10.7. The minimum absolute atomic E-state index is 0.388. The smallest absolute Gasteiger partial charge is 0.119 e. The lowest BCUT2D eigenvalue weighted by atomic mass is 9.93. The highest BCUT2D eigenvalue weighted by molar-refractivity contribution is 5.39. The van der Waals surface area contributed by atoms with Gasteiger partial charge in [-0.1, -0.05) is 39.8 Å².